The Morgan fingerprint density at radius 3 is 1.94 bits per heavy atom. The van der Waals surface area contributed by atoms with Crippen molar-refractivity contribution >= 4 is 11.6 Å². The first-order valence-electron chi connectivity index (χ1n) is 13.3. The molecule has 1 N–H and O–H groups in total. The largest absolute Gasteiger partial charge is 0.317 e. The van der Waals surface area contributed by atoms with Crippen LogP contribution in [-0.4, -0.2) is 55.6 Å². The van der Waals surface area contributed by atoms with Gasteiger partial charge in [-0.05, 0) is 79.6 Å². The van der Waals surface area contributed by atoms with Gasteiger partial charge in [0.2, 0.25) is 0 Å². The lowest BCUT2D eigenvalue weighted by atomic mass is 9.78. The number of rotatable bonds is 8. The molecule has 3 nitrogen and oxygen atoms in total. The van der Waals surface area contributed by atoms with Crippen molar-refractivity contribution in [3.63, 3.8) is 0 Å². The van der Waals surface area contributed by atoms with Crippen LogP contribution in [0.4, 0.5) is 0 Å². The van der Waals surface area contributed by atoms with Gasteiger partial charge < -0.3 is 10.2 Å². The third kappa shape index (κ3) is 6.34. The second-order valence-corrected chi connectivity index (χ2v) is 10.6. The van der Waals surface area contributed by atoms with E-state index in [2.05, 4.69) is 94.0 Å². The minimum atomic E-state index is 0.327. The number of hydrogen-bond acceptors (Lipinski definition) is 3. The number of hydrogen-bond donors (Lipinski definition) is 1. The van der Waals surface area contributed by atoms with Crippen LogP contribution < -0.4 is 5.32 Å². The van der Waals surface area contributed by atoms with Crippen molar-refractivity contribution in [1.29, 1.82) is 0 Å². The molecule has 0 bridgehead atoms. The summed E-state index contributed by atoms with van der Waals surface area (Å²) in [6, 6.07) is 30.9. The van der Waals surface area contributed by atoms with Gasteiger partial charge in [0.05, 0.1) is 6.04 Å². The summed E-state index contributed by atoms with van der Waals surface area (Å²) in [6.45, 7) is 7.90. The number of benzene rings is 3. The molecule has 0 unspecified atom stereocenters. The van der Waals surface area contributed by atoms with Gasteiger partial charge in [0, 0.05) is 31.2 Å². The molecule has 3 aromatic rings. The maximum Gasteiger partial charge on any atom is 0.0602 e. The molecule has 2 saturated heterocycles. The molecule has 184 valence electrons. The zero-order valence-corrected chi connectivity index (χ0v) is 21.4. The summed E-state index contributed by atoms with van der Waals surface area (Å²) in [5, 5.41) is 4.40. The molecule has 0 spiro atoms. The summed E-state index contributed by atoms with van der Waals surface area (Å²) in [5.74, 6) is 1.34. The number of nitrogens with zero attached hydrogens (tertiary/aromatic N) is 2. The lowest BCUT2D eigenvalue weighted by Crippen LogP contribution is -2.48. The summed E-state index contributed by atoms with van der Waals surface area (Å²) < 4.78 is 0. The Morgan fingerprint density at radius 2 is 1.34 bits per heavy atom. The Morgan fingerprint density at radius 1 is 0.743 bits per heavy atom. The zero-order valence-electron chi connectivity index (χ0n) is 20.7. The van der Waals surface area contributed by atoms with E-state index < -0.39 is 0 Å². The summed E-state index contributed by atoms with van der Waals surface area (Å²) in [5.41, 5.74) is 4.20. The highest BCUT2D eigenvalue weighted by molar-refractivity contribution is 6.30. The van der Waals surface area contributed by atoms with Crippen molar-refractivity contribution in [3.05, 3.63) is 107 Å². The summed E-state index contributed by atoms with van der Waals surface area (Å²) in [4.78, 5) is 5.35. The molecule has 4 heteroatoms. The first-order valence-corrected chi connectivity index (χ1v) is 13.7. The monoisotopic (exact) mass is 487 g/mol. The normalized spacial score (nSPS) is 19.1. The van der Waals surface area contributed by atoms with E-state index in [4.69, 9.17) is 11.6 Å². The molecule has 1 atom stereocenters. The minimum Gasteiger partial charge on any atom is -0.317 e. The van der Waals surface area contributed by atoms with Gasteiger partial charge >= 0.3 is 0 Å². The van der Waals surface area contributed by atoms with Crippen molar-refractivity contribution in [2.24, 2.45) is 5.92 Å². The Kier molecular flexibility index (Phi) is 8.54. The molecule has 2 fully saturated rings. The molecule has 2 aliphatic heterocycles. The van der Waals surface area contributed by atoms with E-state index in [1.807, 2.05) is 6.07 Å². The molecule has 0 aromatic heterocycles. The van der Waals surface area contributed by atoms with Crippen LogP contribution in [0.15, 0.2) is 84.9 Å². The standard InChI is InChI=1S/C31H38ClN3/c32-29-13-7-12-28(24-29)30(25-14-17-33-18-15-25)16-19-34-20-22-35(23-21-34)31(26-8-3-1-4-9-26)27-10-5-2-6-11-27/h1-13,24-25,30-31,33H,14-23H2/t30-/m1/s1. The van der Waals surface area contributed by atoms with E-state index in [0.29, 0.717) is 12.0 Å². The molecule has 0 radical (unpaired) electrons. The van der Waals surface area contributed by atoms with Gasteiger partial charge in [-0.15, -0.1) is 0 Å². The number of piperazine rings is 1. The van der Waals surface area contributed by atoms with Crippen LogP contribution in [0.25, 0.3) is 0 Å². The molecular weight excluding hydrogens is 450 g/mol. The molecule has 0 saturated carbocycles. The topological polar surface area (TPSA) is 18.5 Å². The van der Waals surface area contributed by atoms with Gasteiger partial charge in [0.15, 0.2) is 0 Å². The Bertz CT molecular complexity index is 988. The van der Waals surface area contributed by atoms with Gasteiger partial charge in [-0.25, -0.2) is 0 Å². The van der Waals surface area contributed by atoms with Crippen molar-refractivity contribution in [2.75, 3.05) is 45.8 Å². The molecule has 2 aliphatic rings. The van der Waals surface area contributed by atoms with E-state index in [9.17, 15) is 0 Å². The predicted octanol–water partition coefficient (Wildman–Crippen LogP) is 6.22. The quantitative estimate of drug-likeness (QED) is 0.407. The summed E-state index contributed by atoms with van der Waals surface area (Å²) >= 11 is 6.40. The number of piperidine rings is 1. The fourth-order valence-electron chi connectivity index (χ4n) is 6.11. The summed E-state index contributed by atoms with van der Waals surface area (Å²) in [7, 11) is 0. The van der Waals surface area contributed by atoms with Gasteiger partial charge in [-0.2, -0.15) is 0 Å². The first kappa shape index (κ1) is 24.5. The lowest BCUT2D eigenvalue weighted by molar-refractivity contribution is 0.104. The van der Waals surface area contributed by atoms with Crippen LogP contribution in [0.1, 0.15) is 47.9 Å². The number of halogens is 1. The van der Waals surface area contributed by atoms with Gasteiger partial charge in [0.1, 0.15) is 0 Å². The second kappa shape index (κ2) is 12.2. The Hall–Kier alpha value is -2.17. The average Bonchev–Trinajstić information content (AvgIpc) is 2.92. The van der Waals surface area contributed by atoms with Crippen molar-refractivity contribution < 1.29 is 0 Å². The van der Waals surface area contributed by atoms with E-state index in [1.165, 1.54) is 36.0 Å². The predicted molar refractivity (Wildman–Crippen MR) is 147 cm³/mol. The summed E-state index contributed by atoms with van der Waals surface area (Å²) in [6.07, 6.45) is 3.74. The van der Waals surface area contributed by atoms with Crippen LogP contribution in [0.3, 0.4) is 0 Å². The molecule has 0 aliphatic carbocycles. The van der Waals surface area contributed by atoms with E-state index in [0.717, 1.165) is 56.8 Å². The van der Waals surface area contributed by atoms with Crippen molar-refractivity contribution in [3.8, 4) is 0 Å². The van der Waals surface area contributed by atoms with Gasteiger partial charge in [0.25, 0.3) is 0 Å². The third-order valence-corrected chi connectivity index (χ3v) is 8.22. The fraction of sp³-hybridized carbons (Fsp3) is 0.419. The lowest BCUT2D eigenvalue weighted by Gasteiger charge is -2.40. The maximum atomic E-state index is 6.40. The second-order valence-electron chi connectivity index (χ2n) is 10.1. The van der Waals surface area contributed by atoms with Crippen LogP contribution in [0.5, 0.6) is 0 Å². The van der Waals surface area contributed by atoms with Crippen LogP contribution >= 0.6 is 11.6 Å². The molecular formula is C31H38ClN3. The molecule has 5 rings (SSSR count). The van der Waals surface area contributed by atoms with Gasteiger partial charge in [-0.1, -0.05) is 84.4 Å². The molecule has 35 heavy (non-hydrogen) atoms. The average molecular weight is 488 g/mol. The van der Waals surface area contributed by atoms with Crippen molar-refractivity contribution in [2.45, 2.75) is 31.2 Å². The van der Waals surface area contributed by atoms with E-state index in [-0.39, 0.29) is 0 Å². The Labute approximate surface area is 216 Å². The van der Waals surface area contributed by atoms with Crippen molar-refractivity contribution in [1.82, 2.24) is 15.1 Å². The smallest absolute Gasteiger partial charge is 0.0602 e. The van der Waals surface area contributed by atoms with E-state index in [1.54, 1.807) is 0 Å². The van der Waals surface area contributed by atoms with Crippen LogP contribution in [0, 0.1) is 5.92 Å². The number of nitrogens with one attached hydrogen (secondary N) is 1. The molecule has 3 aromatic carbocycles. The highest BCUT2D eigenvalue weighted by Gasteiger charge is 2.29. The SMILES string of the molecule is Clc1cccc([C@H](CCN2CCN(C(c3ccccc3)c3ccccc3)CC2)C2CCNCC2)c1. The molecule has 2 heterocycles. The molecule has 0 amide bonds. The van der Waals surface area contributed by atoms with Crippen LogP contribution in [-0.2, 0) is 0 Å². The third-order valence-electron chi connectivity index (χ3n) is 7.99. The van der Waals surface area contributed by atoms with Gasteiger partial charge in [-0.3, -0.25) is 4.90 Å². The highest BCUT2D eigenvalue weighted by atomic mass is 35.5. The minimum absolute atomic E-state index is 0.327. The zero-order chi connectivity index (χ0) is 23.9. The van der Waals surface area contributed by atoms with Crippen LogP contribution in [0.2, 0.25) is 5.02 Å². The first-order chi connectivity index (χ1) is 17.3. The van der Waals surface area contributed by atoms with E-state index >= 15 is 0 Å². The highest BCUT2D eigenvalue weighted by Crippen LogP contribution is 2.35. The fourth-order valence-corrected chi connectivity index (χ4v) is 6.31. The maximum absolute atomic E-state index is 6.40. The Balaban J connectivity index is 1.23.